The van der Waals surface area contributed by atoms with E-state index in [9.17, 15) is 40.7 Å². The molecular weight excluding hydrogens is 556 g/mol. The van der Waals surface area contributed by atoms with E-state index in [1.54, 1.807) is 25.1 Å². The molecule has 0 atom stereocenters. The average Bonchev–Trinajstić information content (AvgIpc) is 2.91. The van der Waals surface area contributed by atoms with Crippen molar-refractivity contribution in [2.24, 2.45) is 0 Å². The van der Waals surface area contributed by atoms with E-state index in [1.165, 1.54) is 42.3 Å². The van der Waals surface area contributed by atoms with Gasteiger partial charge in [0.25, 0.3) is 0 Å². The van der Waals surface area contributed by atoms with Gasteiger partial charge >= 0.3 is 24.3 Å². The van der Waals surface area contributed by atoms with Crippen LogP contribution in [-0.2, 0) is 35.3 Å². The fourth-order valence-corrected chi connectivity index (χ4v) is 4.56. The van der Waals surface area contributed by atoms with Gasteiger partial charge in [-0.25, -0.2) is 4.79 Å². The molecule has 0 spiro atoms. The predicted molar refractivity (Wildman–Crippen MR) is 139 cm³/mol. The smallest absolute Gasteiger partial charge is 0.341 e. The van der Waals surface area contributed by atoms with Crippen molar-refractivity contribution in [3.8, 4) is 0 Å². The Kier molecular flexibility index (Phi) is 9.89. The molecule has 3 rings (SSSR count). The molecule has 2 aromatic rings. The monoisotopic (exact) mass is 587 g/mol. The van der Waals surface area contributed by atoms with Crippen molar-refractivity contribution < 1.29 is 40.7 Å². The van der Waals surface area contributed by atoms with Crippen LogP contribution in [-0.4, -0.2) is 86.0 Å². The third-order valence-electron chi connectivity index (χ3n) is 6.68. The number of fused-ring (bicyclic) bond motifs is 1. The lowest BCUT2D eigenvalue weighted by atomic mass is 9.97. The Morgan fingerprint density at radius 2 is 1.63 bits per heavy atom. The summed E-state index contributed by atoms with van der Waals surface area (Å²) >= 11 is 0. The van der Waals surface area contributed by atoms with Gasteiger partial charge in [0, 0.05) is 45.5 Å². The molecule has 8 nitrogen and oxygen atoms in total. The standard InChI is InChI=1S/C27H31F6N5O3/c1-34-25(41)37-12-11-18-8-6-10-22(20(18)16-37)38(24(40)27(31,32)33)17-23(39)36(14-13-35(2)3)15-19-7-4-5-9-21(19)26(28,29)30/h4-10H,11-17H2,1-3H3,(H,34,41). The van der Waals surface area contributed by atoms with Crippen molar-refractivity contribution in [2.75, 3.05) is 52.2 Å². The largest absolute Gasteiger partial charge is 0.471 e. The van der Waals surface area contributed by atoms with E-state index in [0.717, 1.165) is 11.0 Å². The van der Waals surface area contributed by atoms with Crippen LogP contribution < -0.4 is 10.2 Å². The zero-order chi connectivity index (χ0) is 30.5. The minimum atomic E-state index is -5.35. The zero-order valence-corrected chi connectivity index (χ0v) is 22.8. The summed E-state index contributed by atoms with van der Waals surface area (Å²) in [6.45, 7) is -1.33. The summed E-state index contributed by atoms with van der Waals surface area (Å²) in [5.74, 6) is -3.28. The number of nitrogens with one attached hydrogen (secondary N) is 1. The highest BCUT2D eigenvalue weighted by atomic mass is 19.4. The third kappa shape index (κ3) is 7.90. The van der Waals surface area contributed by atoms with Crippen LogP contribution in [0.4, 0.5) is 36.8 Å². The summed E-state index contributed by atoms with van der Waals surface area (Å²) in [4.78, 5) is 42.7. The Balaban J connectivity index is 2.01. The number of alkyl halides is 6. The molecule has 41 heavy (non-hydrogen) atoms. The topological polar surface area (TPSA) is 76.2 Å². The highest BCUT2D eigenvalue weighted by Crippen LogP contribution is 2.34. The van der Waals surface area contributed by atoms with Gasteiger partial charge in [0.2, 0.25) is 5.91 Å². The fourth-order valence-electron chi connectivity index (χ4n) is 4.56. The molecule has 0 saturated carbocycles. The van der Waals surface area contributed by atoms with Crippen molar-refractivity contribution in [2.45, 2.75) is 31.9 Å². The molecule has 0 unspecified atom stereocenters. The van der Waals surface area contributed by atoms with E-state index in [-0.39, 0.29) is 36.4 Å². The molecule has 224 valence electrons. The van der Waals surface area contributed by atoms with Crippen molar-refractivity contribution in [3.63, 3.8) is 0 Å². The number of rotatable bonds is 8. The number of benzene rings is 2. The number of halogens is 6. The van der Waals surface area contributed by atoms with E-state index in [1.807, 2.05) is 0 Å². The van der Waals surface area contributed by atoms with Crippen molar-refractivity contribution in [3.05, 3.63) is 64.7 Å². The number of carbonyl (C=O) groups excluding carboxylic acids is 3. The zero-order valence-electron chi connectivity index (χ0n) is 22.8. The summed E-state index contributed by atoms with van der Waals surface area (Å²) in [5, 5.41) is 2.45. The molecule has 1 aliphatic rings. The molecule has 0 saturated heterocycles. The molecular formula is C27H31F6N5O3. The van der Waals surface area contributed by atoms with Gasteiger partial charge in [0.05, 0.1) is 5.56 Å². The summed E-state index contributed by atoms with van der Waals surface area (Å²) in [6.07, 6.45) is -9.76. The molecule has 0 fully saturated rings. The molecule has 4 amide bonds. The fraction of sp³-hybridized carbons (Fsp3) is 0.444. The van der Waals surface area contributed by atoms with Gasteiger partial charge in [0.1, 0.15) is 6.54 Å². The first-order valence-electron chi connectivity index (χ1n) is 12.7. The lowest BCUT2D eigenvalue weighted by Crippen LogP contribution is -2.49. The van der Waals surface area contributed by atoms with Crippen LogP contribution >= 0.6 is 0 Å². The summed E-state index contributed by atoms with van der Waals surface area (Å²) < 4.78 is 82.3. The van der Waals surface area contributed by atoms with Crippen molar-refractivity contribution >= 4 is 23.5 Å². The van der Waals surface area contributed by atoms with E-state index < -0.39 is 48.9 Å². The molecule has 1 N–H and O–H groups in total. The highest BCUT2D eigenvalue weighted by Gasteiger charge is 2.45. The van der Waals surface area contributed by atoms with Gasteiger partial charge in [-0.1, -0.05) is 30.3 Å². The molecule has 1 aliphatic heterocycles. The van der Waals surface area contributed by atoms with Crippen LogP contribution in [0, 0.1) is 0 Å². The Hall–Kier alpha value is -3.81. The summed E-state index contributed by atoms with van der Waals surface area (Å²) in [6, 6.07) is 8.52. The lowest BCUT2D eigenvalue weighted by molar-refractivity contribution is -0.170. The van der Waals surface area contributed by atoms with Crippen LogP contribution in [0.15, 0.2) is 42.5 Å². The van der Waals surface area contributed by atoms with Crippen LogP contribution in [0.2, 0.25) is 0 Å². The van der Waals surface area contributed by atoms with Gasteiger partial charge < -0.3 is 20.0 Å². The number of hydrogen-bond donors (Lipinski definition) is 1. The van der Waals surface area contributed by atoms with Crippen LogP contribution in [0.1, 0.15) is 22.3 Å². The lowest BCUT2D eigenvalue weighted by Gasteiger charge is -2.34. The van der Waals surface area contributed by atoms with Gasteiger partial charge in [-0.05, 0) is 49.3 Å². The summed E-state index contributed by atoms with van der Waals surface area (Å²) in [7, 11) is 4.74. The number of urea groups is 1. The maximum absolute atomic E-state index is 13.8. The van der Waals surface area contributed by atoms with Crippen molar-refractivity contribution in [1.29, 1.82) is 0 Å². The second-order valence-corrected chi connectivity index (χ2v) is 9.80. The maximum atomic E-state index is 13.8. The number of amides is 4. The molecule has 0 aliphatic carbocycles. The van der Waals surface area contributed by atoms with Gasteiger partial charge in [-0.15, -0.1) is 0 Å². The van der Waals surface area contributed by atoms with E-state index >= 15 is 0 Å². The number of anilines is 1. The van der Waals surface area contributed by atoms with Crippen molar-refractivity contribution in [1.82, 2.24) is 20.0 Å². The summed E-state index contributed by atoms with van der Waals surface area (Å²) in [5.41, 5.74) is -0.528. The molecule has 1 heterocycles. The first-order chi connectivity index (χ1) is 19.1. The SMILES string of the molecule is CNC(=O)N1CCc2cccc(N(CC(=O)N(CCN(C)C)Cc3ccccc3C(F)(F)F)C(=O)C(F)(F)F)c2C1. The third-order valence-corrected chi connectivity index (χ3v) is 6.68. The van der Waals surface area contributed by atoms with E-state index in [2.05, 4.69) is 5.32 Å². The van der Waals surface area contributed by atoms with E-state index in [4.69, 9.17) is 0 Å². The van der Waals surface area contributed by atoms with Gasteiger partial charge in [0.15, 0.2) is 0 Å². The van der Waals surface area contributed by atoms with Crippen LogP contribution in [0.5, 0.6) is 0 Å². The minimum absolute atomic E-state index is 0.107. The highest BCUT2D eigenvalue weighted by molar-refractivity contribution is 6.02. The average molecular weight is 588 g/mol. The first-order valence-corrected chi connectivity index (χ1v) is 12.7. The Morgan fingerprint density at radius 1 is 0.951 bits per heavy atom. The van der Waals surface area contributed by atoms with Gasteiger partial charge in [-0.3, -0.25) is 14.5 Å². The normalized spacial score (nSPS) is 13.6. The van der Waals surface area contributed by atoms with E-state index in [0.29, 0.717) is 23.4 Å². The number of nitrogens with zero attached hydrogens (tertiary/aromatic N) is 4. The molecule has 2 aromatic carbocycles. The Morgan fingerprint density at radius 3 is 2.24 bits per heavy atom. The van der Waals surface area contributed by atoms with Gasteiger partial charge in [-0.2, -0.15) is 26.3 Å². The van der Waals surface area contributed by atoms with Crippen LogP contribution in [0.25, 0.3) is 0 Å². The molecule has 0 bridgehead atoms. The Labute approximate surface area is 233 Å². The minimum Gasteiger partial charge on any atom is -0.341 e. The maximum Gasteiger partial charge on any atom is 0.471 e. The predicted octanol–water partition coefficient (Wildman–Crippen LogP) is 3.89. The quantitative estimate of drug-likeness (QED) is 0.476. The number of likely N-dealkylation sites (N-methyl/N-ethyl adjacent to an activating group) is 1. The van der Waals surface area contributed by atoms with Crippen LogP contribution in [0.3, 0.4) is 0 Å². The first kappa shape index (κ1) is 31.7. The second kappa shape index (κ2) is 12.8. The Bertz CT molecular complexity index is 1260. The number of carbonyl (C=O) groups is 3. The number of hydrogen-bond acceptors (Lipinski definition) is 4. The molecule has 0 radical (unpaired) electrons. The molecule has 14 heteroatoms. The molecule has 0 aromatic heterocycles. The second-order valence-electron chi connectivity index (χ2n) is 9.80.